The normalized spacial score (nSPS) is 13.7. The molecule has 0 aliphatic carbocycles. The first-order valence-corrected chi connectivity index (χ1v) is 10.1. The average molecular weight is 416 g/mol. The van der Waals surface area contributed by atoms with Crippen molar-refractivity contribution in [2.45, 2.75) is 13.3 Å². The minimum absolute atomic E-state index is 0.165. The highest BCUT2D eigenvalue weighted by Crippen LogP contribution is 2.22. The van der Waals surface area contributed by atoms with Gasteiger partial charge in [0.05, 0.1) is 6.61 Å². The molecule has 1 amide bonds. The molecule has 0 bridgehead atoms. The Morgan fingerprint density at radius 2 is 1.87 bits per heavy atom. The van der Waals surface area contributed by atoms with Crippen molar-refractivity contribution in [3.05, 3.63) is 77.4 Å². The van der Waals surface area contributed by atoms with Gasteiger partial charge in [0.1, 0.15) is 17.4 Å². The van der Waals surface area contributed by atoms with E-state index in [1.807, 2.05) is 49.4 Å². The van der Waals surface area contributed by atoms with E-state index in [-0.39, 0.29) is 11.5 Å². The smallest absolute Gasteiger partial charge is 0.349 e. The molecule has 0 saturated carbocycles. The van der Waals surface area contributed by atoms with Crippen LogP contribution >= 0.6 is 0 Å². The van der Waals surface area contributed by atoms with Crippen LogP contribution in [-0.4, -0.2) is 43.1 Å². The van der Waals surface area contributed by atoms with Crippen molar-refractivity contribution in [2.24, 2.45) is 0 Å². The van der Waals surface area contributed by atoms with Gasteiger partial charge >= 0.3 is 5.97 Å². The van der Waals surface area contributed by atoms with Gasteiger partial charge < -0.3 is 14.4 Å². The number of esters is 1. The van der Waals surface area contributed by atoms with Crippen molar-refractivity contribution in [2.75, 3.05) is 26.3 Å². The molecule has 2 aromatic carbocycles. The molecule has 31 heavy (non-hydrogen) atoms. The summed E-state index contributed by atoms with van der Waals surface area (Å²) in [6.07, 6.45) is 4.19. The van der Waals surface area contributed by atoms with Gasteiger partial charge in [-0.1, -0.05) is 48.5 Å². The molecule has 1 aliphatic rings. The predicted molar refractivity (Wildman–Crippen MR) is 118 cm³/mol. The summed E-state index contributed by atoms with van der Waals surface area (Å²) in [5.74, 6) is -0.394. The summed E-state index contributed by atoms with van der Waals surface area (Å²) in [5.41, 5.74) is 2.85. The van der Waals surface area contributed by atoms with E-state index < -0.39 is 12.6 Å². The molecule has 0 N–H and O–H groups in total. The summed E-state index contributed by atoms with van der Waals surface area (Å²) in [4.78, 5) is 26.3. The van der Waals surface area contributed by atoms with E-state index in [4.69, 9.17) is 9.47 Å². The summed E-state index contributed by atoms with van der Waals surface area (Å²) in [5, 5.41) is 9.30. The first kappa shape index (κ1) is 21.8. The van der Waals surface area contributed by atoms with Crippen LogP contribution in [0.3, 0.4) is 0 Å². The Kier molecular flexibility index (Phi) is 7.61. The van der Waals surface area contributed by atoms with Crippen LogP contribution in [0.2, 0.25) is 0 Å². The van der Waals surface area contributed by atoms with E-state index in [0.29, 0.717) is 31.0 Å². The Morgan fingerprint density at radius 1 is 1.13 bits per heavy atom. The maximum Gasteiger partial charge on any atom is 0.349 e. The van der Waals surface area contributed by atoms with Gasteiger partial charge in [-0.15, -0.1) is 0 Å². The first-order chi connectivity index (χ1) is 15.1. The van der Waals surface area contributed by atoms with Gasteiger partial charge in [-0.2, -0.15) is 5.26 Å². The number of carbonyl (C=O) groups excluding carboxylic acids is 2. The van der Waals surface area contributed by atoms with Gasteiger partial charge in [0.15, 0.2) is 6.61 Å². The molecule has 0 fully saturated rings. The molecule has 0 radical (unpaired) electrons. The molecule has 158 valence electrons. The minimum Gasteiger partial charge on any atom is -0.494 e. The molecule has 0 atom stereocenters. The number of amides is 1. The zero-order valence-corrected chi connectivity index (χ0v) is 17.4. The van der Waals surface area contributed by atoms with Crippen molar-refractivity contribution >= 4 is 23.5 Å². The SMILES string of the molecule is CCOc1ccc(/C=C(\C#N)C(=O)OCC(=O)N2CC=C(c3ccccc3)CC2)cc1. The fourth-order valence-corrected chi connectivity index (χ4v) is 3.24. The van der Waals surface area contributed by atoms with Gasteiger partial charge in [0, 0.05) is 13.1 Å². The molecule has 0 spiro atoms. The monoisotopic (exact) mass is 416 g/mol. The molecular weight excluding hydrogens is 392 g/mol. The largest absolute Gasteiger partial charge is 0.494 e. The molecule has 0 aromatic heterocycles. The Morgan fingerprint density at radius 3 is 2.48 bits per heavy atom. The summed E-state index contributed by atoms with van der Waals surface area (Å²) < 4.78 is 10.5. The Hall–Kier alpha value is -3.85. The summed E-state index contributed by atoms with van der Waals surface area (Å²) in [6.45, 7) is 3.08. The number of rotatable bonds is 7. The maximum absolute atomic E-state index is 12.4. The van der Waals surface area contributed by atoms with Gasteiger partial charge in [0.25, 0.3) is 5.91 Å². The number of benzene rings is 2. The fourth-order valence-electron chi connectivity index (χ4n) is 3.24. The van der Waals surface area contributed by atoms with Crippen LogP contribution in [0, 0.1) is 11.3 Å². The lowest BCUT2D eigenvalue weighted by Gasteiger charge is -2.26. The van der Waals surface area contributed by atoms with Crippen LogP contribution in [0.1, 0.15) is 24.5 Å². The Balaban J connectivity index is 1.54. The topological polar surface area (TPSA) is 79.6 Å². The van der Waals surface area contributed by atoms with Gasteiger partial charge in [-0.25, -0.2) is 4.79 Å². The average Bonchev–Trinajstić information content (AvgIpc) is 2.82. The molecule has 3 rings (SSSR count). The zero-order valence-electron chi connectivity index (χ0n) is 17.4. The number of nitriles is 1. The van der Waals surface area contributed by atoms with Crippen LogP contribution in [0.25, 0.3) is 11.6 Å². The predicted octanol–water partition coefficient (Wildman–Crippen LogP) is 3.85. The number of carbonyl (C=O) groups is 2. The van der Waals surface area contributed by atoms with Crippen molar-refractivity contribution in [1.82, 2.24) is 4.90 Å². The van der Waals surface area contributed by atoms with E-state index in [2.05, 4.69) is 0 Å². The molecule has 1 aliphatic heterocycles. The molecule has 2 aromatic rings. The third-order valence-electron chi connectivity index (χ3n) is 4.88. The van der Waals surface area contributed by atoms with Crippen molar-refractivity contribution < 1.29 is 19.1 Å². The third kappa shape index (κ3) is 6.06. The van der Waals surface area contributed by atoms with Crippen LogP contribution in [0.5, 0.6) is 5.75 Å². The fraction of sp³-hybridized carbons (Fsp3) is 0.240. The first-order valence-electron chi connectivity index (χ1n) is 10.1. The lowest BCUT2D eigenvalue weighted by molar-refractivity contribution is -0.148. The minimum atomic E-state index is -0.817. The van der Waals surface area contributed by atoms with Crippen LogP contribution < -0.4 is 4.74 Å². The maximum atomic E-state index is 12.4. The van der Waals surface area contributed by atoms with Gasteiger partial charge in [0.2, 0.25) is 0 Å². The van der Waals surface area contributed by atoms with E-state index in [1.165, 1.54) is 11.6 Å². The standard InChI is InChI=1S/C25H24N2O4/c1-2-30-23-10-8-19(9-11-23)16-22(17-26)25(29)31-18-24(28)27-14-12-21(13-15-27)20-6-4-3-5-7-20/h3-12,16H,2,13-15,18H2,1H3/b22-16+. The summed E-state index contributed by atoms with van der Waals surface area (Å²) in [7, 11) is 0. The highest BCUT2D eigenvalue weighted by molar-refractivity contribution is 5.98. The third-order valence-corrected chi connectivity index (χ3v) is 4.88. The van der Waals surface area contributed by atoms with Gasteiger partial charge in [-0.05, 0) is 48.3 Å². The highest BCUT2D eigenvalue weighted by Gasteiger charge is 2.20. The zero-order chi connectivity index (χ0) is 22.1. The number of nitrogens with zero attached hydrogens (tertiary/aromatic N) is 2. The second-order valence-corrected chi connectivity index (χ2v) is 6.93. The van der Waals surface area contributed by atoms with Crippen molar-refractivity contribution in [3.8, 4) is 11.8 Å². The summed E-state index contributed by atoms with van der Waals surface area (Å²) >= 11 is 0. The molecular formula is C25H24N2O4. The van der Waals surface area contributed by atoms with Crippen molar-refractivity contribution in [1.29, 1.82) is 5.26 Å². The van der Waals surface area contributed by atoms with E-state index in [9.17, 15) is 14.9 Å². The van der Waals surface area contributed by atoms with Crippen LogP contribution in [0.15, 0.2) is 66.2 Å². The second kappa shape index (κ2) is 10.8. The quantitative estimate of drug-likeness (QED) is 0.389. The Bertz CT molecular complexity index is 1020. The Labute approximate surface area is 182 Å². The molecule has 6 heteroatoms. The lowest BCUT2D eigenvalue weighted by atomic mass is 10.00. The van der Waals surface area contributed by atoms with Gasteiger partial charge in [-0.3, -0.25) is 4.79 Å². The van der Waals surface area contributed by atoms with E-state index >= 15 is 0 Å². The second-order valence-electron chi connectivity index (χ2n) is 6.93. The number of hydrogen-bond acceptors (Lipinski definition) is 5. The molecule has 0 saturated heterocycles. The molecule has 1 heterocycles. The molecule has 0 unspecified atom stereocenters. The highest BCUT2D eigenvalue weighted by atomic mass is 16.5. The van der Waals surface area contributed by atoms with Crippen molar-refractivity contribution in [3.63, 3.8) is 0 Å². The van der Waals surface area contributed by atoms with E-state index in [1.54, 1.807) is 29.2 Å². The van der Waals surface area contributed by atoms with Crippen LogP contribution in [0.4, 0.5) is 0 Å². The number of ether oxygens (including phenoxy) is 2. The molecule has 6 nitrogen and oxygen atoms in total. The lowest BCUT2D eigenvalue weighted by Crippen LogP contribution is -2.37. The number of hydrogen-bond donors (Lipinski definition) is 0. The van der Waals surface area contributed by atoms with Crippen LogP contribution in [-0.2, 0) is 14.3 Å². The van der Waals surface area contributed by atoms with E-state index in [0.717, 1.165) is 12.0 Å². The summed E-state index contributed by atoms with van der Waals surface area (Å²) in [6, 6.07) is 18.9.